The maximum Gasteiger partial charge on any atom is 0.179 e. The Morgan fingerprint density at radius 1 is 1.19 bits per heavy atom. The van der Waals surface area contributed by atoms with Gasteiger partial charge in [0.15, 0.2) is 5.78 Å². The molecule has 1 aromatic carbocycles. The van der Waals surface area contributed by atoms with Gasteiger partial charge >= 0.3 is 0 Å². The van der Waals surface area contributed by atoms with E-state index in [4.69, 9.17) is 0 Å². The monoisotopic (exact) mass is 291 g/mol. The molecule has 1 unspecified atom stereocenters. The van der Waals surface area contributed by atoms with Gasteiger partial charge in [0.1, 0.15) is 0 Å². The van der Waals surface area contributed by atoms with Crippen LogP contribution in [0, 0.1) is 0 Å². The molecule has 1 fully saturated rings. The van der Waals surface area contributed by atoms with Crippen LogP contribution in [-0.2, 0) is 13.2 Å². The molecule has 1 heterocycles. The SMILES string of the molecule is CCCC(C(=O)c1ccc(CO)c(CO)c1)N1CCCC1. The average Bonchev–Trinajstić information content (AvgIpc) is 3.05. The third-order valence-corrected chi connectivity index (χ3v) is 4.28. The van der Waals surface area contributed by atoms with Crippen molar-refractivity contribution in [1.29, 1.82) is 0 Å². The van der Waals surface area contributed by atoms with E-state index in [1.54, 1.807) is 18.2 Å². The fourth-order valence-corrected chi connectivity index (χ4v) is 3.08. The van der Waals surface area contributed by atoms with E-state index in [0.29, 0.717) is 16.7 Å². The van der Waals surface area contributed by atoms with Crippen LogP contribution in [-0.4, -0.2) is 40.0 Å². The zero-order chi connectivity index (χ0) is 15.2. The molecule has 0 aliphatic carbocycles. The van der Waals surface area contributed by atoms with Gasteiger partial charge in [-0.25, -0.2) is 0 Å². The van der Waals surface area contributed by atoms with E-state index in [1.165, 1.54) is 12.8 Å². The Morgan fingerprint density at radius 2 is 1.86 bits per heavy atom. The van der Waals surface area contributed by atoms with Crippen LogP contribution in [0.4, 0.5) is 0 Å². The topological polar surface area (TPSA) is 60.8 Å². The van der Waals surface area contributed by atoms with E-state index < -0.39 is 0 Å². The van der Waals surface area contributed by atoms with Crippen LogP contribution in [0.3, 0.4) is 0 Å². The summed E-state index contributed by atoms with van der Waals surface area (Å²) in [6, 6.07) is 5.19. The molecule has 1 aliphatic heterocycles. The lowest BCUT2D eigenvalue weighted by molar-refractivity contribution is 0.0837. The van der Waals surface area contributed by atoms with Crippen LogP contribution in [0.5, 0.6) is 0 Å². The smallest absolute Gasteiger partial charge is 0.179 e. The van der Waals surface area contributed by atoms with Crippen molar-refractivity contribution < 1.29 is 15.0 Å². The van der Waals surface area contributed by atoms with E-state index in [-0.39, 0.29) is 25.0 Å². The number of likely N-dealkylation sites (tertiary alicyclic amines) is 1. The summed E-state index contributed by atoms with van der Waals surface area (Å²) in [6.07, 6.45) is 4.18. The van der Waals surface area contributed by atoms with Gasteiger partial charge in [0.25, 0.3) is 0 Å². The standard InChI is InChI=1S/C17H25NO3/c1-2-5-16(18-8-3-4-9-18)17(21)13-6-7-14(11-19)15(10-13)12-20/h6-7,10,16,19-20H,2-5,8-9,11-12H2,1H3. The first-order valence-corrected chi connectivity index (χ1v) is 7.83. The van der Waals surface area contributed by atoms with Gasteiger partial charge in [-0.1, -0.05) is 25.5 Å². The summed E-state index contributed by atoms with van der Waals surface area (Å²) in [5.74, 6) is 0.137. The molecule has 0 bridgehead atoms. The molecule has 2 rings (SSSR count). The van der Waals surface area contributed by atoms with Crippen LogP contribution in [0.15, 0.2) is 18.2 Å². The number of aliphatic hydroxyl groups is 2. The van der Waals surface area contributed by atoms with Gasteiger partial charge in [-0.3, -0.25) is 9.69 Å². The largest absolute Gasteiger partial charge is 0.392 e. The van der Waals surface area contributed by atoms with E-state index in [0.717, 1.165) is 25.9 Å². The first kappa shape index (κ1) is 16.1. The quantitative estimate of drug-likeness (QED) is 0.755. The molecule has 1 saturated heterocycles. The first-order valence-electron chi connectivity index (χ1n) is 7.83. The van der Waals surface area contributed by atoms with Gasteiger partial charge < -0.3 is 10.2 Å². The molecule has 4 heteroatoms. The van der Waals surface area contributed by atoms with Crippen molar-refractivity contribution in [3.05, 3.63) is 34.9 Å². The normalized spacial score (nSPS) is 17.1. The first-order chi connectivity index (χ1) is 10.2. The average molecular weight is 291 g/mol. The van der Waals surface area contributed by atoms with E-state index in [9.17, 15) is 15.0 Å². The molecular weight excluding hydrogens is 266 g/mol. The van der Waals surface area contributed by atoms with Gasteiger partial charge in [-0.2, -0.15) is 0 Å². The highest BCUT2D eigenvalue weighted by atomic mass is 16.3. The molecule has 1 atom stereocenters. The number of hydrogen-bond donors (Lipinski definition) is 2. The van der Waals surface area contributed by atoms with Crippen molar-refractivity contribution in [2.75, 3.05) is 13.1 Å². The number of benzene rings is 1. The molecular formula is C17H25NO3. The maximum atomic E-state index is 12.8. The number of nitrogens with zero attached hydrogens (tertiary/aromatic N) is 1. The highest BCUT2D eigenvalue weighted by molar-refractivity contribution is 6.00. The summed E-state index contributed by atoms with van der Waals surface area (Å²) < 4.78 is 0. The predicted molar refractivity (Wildman–Crippen MR) is 82.1 cm³/mol. The highest BCUT2D eigenvalue weighted by Gasteiger charge is 2.28. The van der Waals surface area contributed by atoms with Crippen LogP contribution in [0.2, 0.25) is 0 Å². The molecule has 0 radical (unpaired) electrons. The van der Waals surface area contributed by atoms with Crippen molar-refractivity contribution in [2.24, 2.45) is 0 Å². The van der Waals surface area contributed by atoms with E-state index in [2.05, 4.69) is 11.8 Å². The molecule has 21 heavy (non-hydrogen) atoms. The van der Waals surface area contributed by atoms with Gasteiger partial charge in [-0.05, 0) is 49.5 Å². The Morgan fingerprint density at radius 3 is 2.43 bits per heavy atom. The van der Waals surface area contributed by atoms with Crippen LogP contribution in [0.1, 0.15) is 54.1 Å². The molecule has 116 valence electrons. The minimum Gasteiger partial charge on any atom is -0.392 e. The van der Waals surface area contributed by atoms with Crippen molar-refractivity contribution in [3.8, 4) is 0 Å². The summed E-state index contributed by atoms with van der Waals surface area (Å²) in [5, 5.41) is 18.6. The van der Waals surface area contributed by atoms with Gasteiger partial charge in [0.05, 0.1) is 19.3 Å². The summed E-state index contributed by atoms with van der Waals surface area (Å²) in [6.45, 7) is 3.83. The Hall–Kier alpha value is -1.23. The van der Waals surface area contributed by atoms with Crippen molar-refractivity contribution in [2.45, 2.75) is 51.9 Å². The van der Waals surface area contributed by atoms with Crippen molar-refractivity contribution in [3.63, 3.8) is 0 Å². The number of aliphatic hydroxyl groups excluding tert-OH is 2. The fraction of sp³-hybridized carbons (Fsp3) is 0.588. The van der Waals surface area contributed by atoms with Crippen LogP contribution >= 0.6 is 0 Å². The predicted octanol–water partition coefficient (Wildman–Crippen LogP) is 2.12. The summed E-state index contributed by atoms with van der Waals surface area (Å²) in [4.78, 5) is 15.1. The zero-order valence-corrected chi connectivity index (χ0v) is 12.7. The van der Waals surface area contributed by atoms with Crippen LogP contribution in [0.25, 0.3) is 0 Å². The molecule has 1 aliphatic rings. The maximum absolute atomic E-state index is 12.8. The lowest BCUT2D eigenvalue weighted by atomic mass is 9.96. The Labute approximate surface area is 126 Å². The van der Waals surface area contributed by atoms with Gasteiger partial charge in [0, 0.05) is 5.56 Å². The second-order valence-corrected chi connectivity index (χ2v) is 5.71. The zero-order valence-electron chi connectivity index (χ0n) is 12.7. The minimum absolute atomic E-state index is 0.0518. The summed E-state index contributed by atoms with van der Waals surface area (Å²) in [5.41, 5.74) is 1.96. The Bertz CT molecular complexity index is 481. The minimum atomic E-state index is -0.154. The van der Waals surface area contributed by atoms with Crippen molar-refractivity contribution in [1.82, 2.24) is 4.90 Å². The van der Waals surface area contributed by atoms with Crippen LogP contribution < -0.4 is 0 Å². The van der Waals surface area contributed by atoms with E-state index in [1.807, 2.05) is 0 Å². The number of carbonyl (C=O) groups excluding carboxylic acids is 1. The number of ketones is 1. The fourth-order valence-electron chi connectivity index (χ4n) is 3.08. The lowest BCUT2D eigenvalue weighted by Gasteiger charge is -2.26. The third kappa shape index (κ3) is 3.70. The van der Waals surface area contributed by atoms with Gasteiger partial charge in [0.2, 0.25) is 0 Å². The molecule has 2 N–H and O–H groups in total. The number of rotatable bonds is 7. The molecule has 0 saturated carbocycles. The third-order valence-electron chi connectivity index (χ3n) is 4.28. The molecule has 0 aromatic heterocycles. The highest BCUT2D eigenvalue weighted by Crippen LogP contribution is 2.21. The molecule has 0 spiro atoms. The summed E-state index contributed by atoms with van der Waals surface area (Å²) >= 11 is 0. The van der Waals surface area contributed by atoms with Gasteiger partial charge in [-0.15, -0.1) is 0 Å². The molecule has 0 amide bonds. The molecule has 4 nitrogen and oxygen atoms in total. The second-order valence-electron chi connectivity index (χ2n) is 5.71. The number of carbonyl (C=O) groups is 1. The Balaban J connectivity index is 2.23. The second kappa shape index (κ2) is 7.69. The van der Waals surface area contributed by atoms with E-state index >= 15 is 0 Å². The number of hydrogen-bond acceptors (Lipinski definition) is 4. The summed E-state index contributed by atoms with van der Waals surface area (Å²) in [7, 11) is 0. The number of Topliss-reactive ketones (excluding diaryl/α,β-unsaturated/α-hetero) is 1. The molecule has 1 aromatic rings. The van der Waals surface area contributed by atoms with Crippen molar-refractivity contribution >= 4 is 5.78 Å². The lowest BCUT2D eigenvalue weighted by Crippen LogP contribution is -2.39. The Kier molecular flexibility index (Phi) is 5.91.